The molecule has 1 amide bonds. The minimum atomic E-state index is -3.50. The number of carbonyl (C=O) groups excluding carboxylic acids is 1. The first kappa shape index (κ1) is 19.9. The van der Waals surface area contributed by atoms with Crippen LogP contribution in [0.2, 0.25) is 0 Å². The number of rotatable bonds is 8. The average Bonchev–Trinajstić information content (AvgIpc) is 2.25. The van der Waals surface area contributed by atoms with E-state index in [9.17, 15) is 18.0 Å². The van der Waals surface area contributed by atoms with Crippen molar-refractivity contribution >= 4 is 21.9 Å². The molecule has 0 aromatic carbocycles. The zero-order valence-corrected chi connectivity index (χ0v) is 14.2. The molecule has 0 aromatic rings. The Morgan fingerprint density at radius 1 is 1.29 bits per heavy atom. The molecule has 0 aromatic heterocycles. The maximum Gasteiger partial charge on any atom is 0.305 e. The Morgan fingerprint density at radius 3 is 2.19 bits per heavy atom. The van der Waals surface area contributed by atoms with Gasteiger partial charge < -0.3 is 10.0 Å². The molecule has 2 N–H and O–H groups in total. The minimum absolute atomic E-state index is 0.0392. The summed E-state index contributed by atoms with van der Waals surface area (Å²) in [6.07, 6.45) is 0.273. The molecule has 0 spiro atoms. The van der Waals surface area contributed by atoms with Crippen LogP contribution in [0.5, 0.6) is 0 Å². The van der Waals surface area contributed by atoms with Crippen LogP contribution in [0, 0.1) is 0 Å². The van der Waals surface area contributed by atoms with Crippen LogP contribution in [0.3, 0.4) is 0 Å². The van der Waals surface area contributed by atoms with Gasteiger partial charge >= 0.3 is 5.97 Å². The maximum atomic E-state index is 12.4. The van der Waals surface area contributed by atoms with Gasteiger partial charge in [0.15, 0.2) is 0 Å². The van der Waals surface area contributed by atoms with E-state index < -0.39 is 33.5 Å². The van der Waals surface area contributed by atoms with Gasteiger partial charge in [0.2, 0.25) is 15.9 Å². The van der Waals surface area contributed by atoms with Gasteiger partial charge in [0.1, 0.15) is 0 Å². The fraction of sp³-hybridized carbons (Fsp3) is 0.846. The molecular formula is C13H26N2O5S. The van der Waals surface area contributed by atoms with Gasteiger partial charge in [0, 0.05) is 12.1 Å². The lowest BCUT2D eigenvalue weighted by Gasteiger charge is -2.37. The quantitative estimate of drug-likeness (QED) is 0.688. The van der Waals surface area contributed by atoms with Gasteiger partial charge in [0.05, 0.1) is 18.2 Å². The van der Waals surface area contributed by atoms with Gasteiger partial charge in [-0.05, 0) is 34.1 Å². The topological polar surface area (TPSA) is 104 Å². The minimum Gasteiger partial charge on any atom is -0.481 e. The molecule has 0 heterocycles. The molecule has 124 valence electrons. The second-order valence-corrected chi connectivity index (χ2v) is 7.84. The van der Waals surface area contributed by atoms with Crippen LogP contribution < -0.4 is 4.72 Å². The Labute approximate surface area is 126 Å². The van der Waals surface area contributed by atoms with Gasteiger partial charge in [0.25, 0.3) is 0 Å². The van der Waals surface area contributed by atoms with Crippen molar-refractivity contribution in [1.29, 1.82) is 0 Å². The number of carboxylic acids is 1. The third-order valence-corrected chi connectivity index (χ3v) is 4.48. The number of aliphatic carboxylic acids is 1. The smallest absolute Gasteiger partial charge is 0.305 e. The molecule has 0 aliphatic heterocycles. The van der Waals surface area contributed by atoms with E-state index in [1.807, 2.05) is 0 Å². The number of hydrogen-bond donors (Lipinski definition) is 2. The molecule has 1 atom stereocenters. The second kappa shape index (κ2) is 7.74. The highest BCUT2D eigenvalue weighted by atomic mass is 32.2. The van der Waals surface area contributed by atoms with Crippen molar-refractivity contribution in [3.63, 3.8) is 0 Å². The first-order chi connectivity index (χ1) is 9.40. The Morgan fingerprint density at radius 2 is 1.81 bits per heavy atom. The molecular weight excluding hydrogens is 296 g/mol. The summed E-state index contributed by atoms with van der Waals surface area (Å²) in [5, 5.41) is 8.76. The largest absolute Gasteiger partial charge is 0.481 e. The fourth-order valence-corrected chi connectivity index (χ4v) is 3.16. The molecule has 0 saturated carbocycles. The van der Waals surface area contributed by atoms with Crippen LogP contribution in [-0.2, 0) is 19.6 Å². The molecule has 0 fully saturated rings. The summed E-state index contributed by atoms with van der Waals surface area (Å²) >= 11 is 0. The van der Waals surface area contributed by atoms with Crippen molar-refractivity contribution in [3.05, 3.63) is 0 Å². The van der Waals surface area contributed by atoms with Crippen LogP contribution in [0.4, 0.5) is 0 Å². The lowest BCUT2D eigenvalue weighted by Crippen LogP contribution is -2.54. The third-order valence-electron chi connectivity index (χ3n) is 2.82. The average molecular weight is 322 g/mol. The van der Waals surface area contributed by atoms with E-state index in [-0.39, 0.29) is 18.7 Å². The number of sulfonamides is 1. The maximum absolute atomic E-state index is 12.4. The summed E-state index contributed by atoms with van der Waals surface area (Å²) in [5.41, 5.74) is -0.586. The van der Waals surface area contributed by atoms with E-state index in [0.29, 0.717) is 6.42 Å². The molecule has 7 nitrogen and oxygen atoms in total. The monoisotopic (exact) mass is 322 g/mol. The van der Waals surface area contributed by atoms with E-state index in [1.165, 1.54) is 11.8 Å². The molecule has 0 aliphatic rings. The number of nitrogens with zero attached hydrogens (tertiary/aromatic N) is 1. The highest BCUT2D eigenvalue weighted by Crippen LogP contribution is 2.15. The lowest BCUT2D eigenvalue weighted by atomic mass is 10.0. The van der Waals surface area contributed by atoms with Crippen LogP contribution in [-0.4, -0.2) is 54.2 Å². The number of hydrogen-bond acceptors (Lipinski definition) is 4. The summed E-state index contributed by atoms with van der Waals surface area (Å²) < 4.78 is 25.7. The van der Waals surface area contributed by atoms with Crippen molar-refractivity contribution in [3.8, 4) is 0 Å². The molecule has 1 unspecified atom stereocenters. The van der Waals surface area contributed by atoms with Gasteiger partial charge in [-0.3, -0.25) is 9.59 Å². The zero-order chi connectivity index (χ0) is 16.8. The van der Waals surface area contributed by atoms with Gasteiger partial charge in [-0.2, -0.15) is 0 Å². The molecule has 0 rings (SSSR count). The van der Waals surface area contributed by atoms with E-state index in [4.69, 9.17) is 5.11 Å². The Hall–Kier alpha value is -1.15. The SMILES string of the molecule is CCCS(=O)(=O)NC(C)C(=O)N(CCC(=O)O)C(C)(C)C. The predicted molar refractivity (Wildman–Crippen MR) is 80.4 cm³/mol. The first-order valence-electron chi connectivity index (χ1n) is 6.94. The summed E-state index contributed by atoms with van der Waals surface area (Å²) in [7, 11) is -3.50. The van der Waals surface area contributed by atoms with Crippen molar-refractivity contribution < 1.29 is 23.1 Å². The van der Waals surface area contributed by atoms with Gasteiger partial charge in [-0.15, -0.1) is 0 Å². The van der Waals surface area contributed by atoms with Crippen molar-refractivity contribution in [2.24, 2.45) is 0 Å². The van der Waals surface area contributed by atoms with E-state index >= 15 is 0 Å². The van der Waals surface area contributed by atoms with Crippen molar-refractivity contribution in [2.75, 3.05) is 12.3 Å². The normalized spacial score (nSPS) is 13.8. The summed E-state index contributed by atoms with van der Waals surface area (Å²) in [6, 6.07) is -0.922. The van der Waals surface area contributed by atoms with E-state index in [2.05, 4.69) is 4.72 Å². The zero-order valence-electron chi connectivity index (χ0n) is 13.3. The summed E-state index contributed by atoms with van der Waals surface area (Å²) in [5.74, 6) is -1.48. The van der Waals surface area contributed by atoms with Gasteiger partial charge in [-0.1, -0.05) is 6.92 Å². The Bertz CT molecular complexity index is 467. The van der Waals surface area contributed by atoms with Crippen molar-refractivity contribution in [2.45, 2.75) is 59.0 Å². The predicted octanol–water partition coefficient (Wildman–Crippen LogP) is 0.806. The standard InChI is InChI=1S/C13H26N2O5S/c1-6-9-21(19,20)14-10(2)12(18)15(13(3,4)5)8-7-11(16)17/h10,14H,6-9H2,1-5H3,(H,16,17). The number of carbonyl (C=O) groups is 2. The number of amides is 1. The lowest BCUT2D eigenvalue weighted by molar-refractivity contribution is -0.141. The molecule has 0 bridgehead atoms. The van der Waals surface area contributed by atoms with Crippen LogP contribution in [0.15, 0.2) is 0 Å². The van der Waals surface area contributed by atoms with Crippen LogP contribution >= 0.6 is 0 Å². The molecule has 0 saturated heterocycles. The highest BCUT2D eigenvalue weighted by molar-refractivity contribution is 7.89. The van der Waals surface area contributed by atoms with E-state index in [1.54, 1.807) is 27.7 Å². The van der Waals surface area contributed by atoms with Gasteiger partial charge in [-0.25, -0.2) is 13.1 Å². The van der Waals surface area contributed by atoms with Crippen molar-refractivity contribution in [1.82, 2.24) is 9.62 Å². The second-order valence-electron chi connectivity index (χ2n) is 5.96. The summed E-state index contributed by atoms with van der Waals surface area (Å²) in [4.78, 5) is 24.5. The third kappa shape index (κ3) is 7.42. The van der Waals surface area contributed by atoms with Crippen LogP contribution in [0.1, 0.15) is 47.5 Å². The molecule has 0 aliphatic carbocycles. The summed E-state index contributed by atoms with van der Waals surface area (Å²) in [6.45, 7) is 8.58. The number of carboxylic acid groups (broad SMARTS) is 1. The molecule has 21 heavy (non-hydrogen) atoms. The first-order valence-corrected chi connectivity index (χ1v) is 8.59. The fourth-order valence-electron chi connectivity index (χ4n) is 1.86. The Kier molecular flexibility index (Phi) is 7.32. The molecule has 0 radical (unpaired) electrons. The molecule has 8 heteroatoms. The Balaban J connectivity index is 4.99. The van der Waals surface area contributed by atoms with Crippen LogP contribution in [0.25, 0.3) is 0 Å². The number of nitrogens with one attached hydrogen (secondary N) is 1. The van der Waals surface area contributed by atoms with E-state index in [0.717, 1.165) is 0 Å². The highest BCUT2D eigenvalue weighted by Gasteiger charge is 2.31.